The lowest BCUT2D eigenvalue weighted by atomic mass is 10.1. The lowest BCUT2D eigenvalue weighted by Gasteiger charge is -2.16. The fourth-order valence-corrected chi connectivity index (χ4v) is 3.37. The Morgan fingerprint density at radius 3 is 2.29 bits per heavy atom. The van der Waals surface area contributed by atoms with E-state index in [2.05, 4.69) is 5.32 Å². The number of imidazole rings is 1. The van der Waals surface area contributed by atoms with E-state index in [0.29, 0.717) is 18.0 Å². The largest absolute Gasteiger partial charge is 0.493 e. The predicted molar refractivity (Wildman–Crippen MR) is 108 cm³/mol. The molecule has 0 saturated carbocycles. The number of fused-ring (bicyclic) bond motifs is 1. The molecule has 28 heavy (non-hydrogen) atoms. The van der Waals surface area contributed by atoms with Crippen molar-refractivity contribution in [3.8, 4) is 11.5 Å². The van der Waals surface area contributed by atoms with Crippen molar-refractivity contribution in [2.75, 3.05) is 14.2 Å². The molecule has 1 aromatic heterocycles. The zero-order chi connectivity index (χ0) is 20.3. The van der Waals surface area contributed by atoms with Crippen LogP contribution < -0.4 is 20.5 Å². The van der Waals surface area contributed by atoms with Gasteiger partial charge in [0.1, 0.15) is 6.54 Å². The number of benzene rings is 2. The molecule has 1 amide bonds. The van der Waals surface area contributed by atoms with Crippen molar-refractivity contribution >= 4 is 16.9 Å². The van der Waals surface area contributed by atoms with Crippen LogP contribution in [0.3, 0.4) is 0 Å². The first-order valence-electron chi connectivity index (χ1n) is 9.19. The van der Waals surface area contributed by atoms with E-state index in [1.54, 1.807) is 24.9 Å². The second-order valence-corrected chi connectivity index (χ2v) is 6.51. The van der Waals surface area contributed by atoms with Gasteiger partial charge in [-0.25, -0.2) is 4.79 Å². The first-order chi connectivity index (χ1) is 13.5. The molecule has 0 fully saturated rings. The van der Waals surface area contributed by atoms with Crippen LogP contribution in [0.1, 0.15) is 25.5 Å². The summed E-state index contributed by atoms with van der Waals surface area (Å²) in [6, 6.07) is 12.8. The molecule has 1 atom stereocenters. The molecule has 3 rings (SSSR count). The summed E-state index contributed by atoms with van der Waals surface area (Å²) in [6.07, 6.45) is 0. The quantitative estimate of drug-likeness (QED) is 0.681. The van der Waals surface area contributed by atoms with Gasteiger partial charge < -0.3 is 14.8 Å². The molecule has 7 nitrogen and oxygen atoms in total. The number of carbonyl (C=O) groups excluding carboxylic acids is 1. The standard InChI is InChI=1S/C21H25N3O4/c1-5-23-16-8-6-7-9-17(16)24(21(23)26)13-20(25)22-14(2)15-10-11-18(27-3)19(12-15)28-4/h6-12,14H,5,13H2,1-4H3,(H,22,25). The number of amides is 1. The third-order valence-corrected chi connectivity index (χ3v) is 4.83. The monoisotopic (exact) mass is 383 g/mol. The van der Waals surface area contributed by atoms with Crippen LogP contribution in [0.5, 0.6) is 11.5 Å². The Morgan fingerprint density at radius 2 is 1.68 bits per heavy atom. The lowest BCUT2D eigenvalue weighted by Crippen LogP contribution is -2.34. The Bertz CT molecular complexity index is 1050. The molecule has 0 saturated heterocycles. The number of aromatic nitrogens is 2. The van der Waals surface area contributed by atoms with E-state index in [-0.39, 0.29) is 24.2 Å². The van der Waals surface area contributed by atoms with Gasteiger partial charge in [0, 0.05) is 6.54 Å². The molecular formula is C21H25N3O4. The predicted octanol–water partition coefficient (Wildman–Crippen LogP) is 2.72. The summed E-state index contributed by atoms with van der Waals surface area (Å²) in [4.78, 5) is 25.3. The average Bonchev–Trinajstić information content (AvgIpc) is 2.98. The third-order valence-electron chi connectivity index (χ3n) is 4.83. The van der Waals surface area contributed by atoms with Gasteiger partial charge in [-0.15, -0.1) is 0 Å². The number of ether oxygens (including phenoxy) is 2. The van der Waals surface area contributed by atoms with Crippen molar-refractivity contribution in [2.45, 2.75) is 33.0 Å². The molecule has 2 aromatic carbocycles. The minimum absolute atomic E-state index is 0.0377. The Kier molecular flexibility index (Phi) is 5.73. The summed E-state index contributed by atoms with van der Waals surface area (Å²) in [7, 11) is 3.15. The second-order valence-electron chi connectivity index (χ2n) is 6.51. The van der Waals surface area contributed by atoms with E-state index < -0.39 is 0 Å². The summed E-state index contributed by atoms with van der Waals surface area (Å²) < 4.78 is 13.7. The summed E-state index contributed by atoms with van der Waals surface area (Å²) in [5.41, 5.74) is 2.28. The molecule has 3 aromatic rings. The van der Waals surface area contributed by atoms with E-state index in [9.17, 15) is 9.59 Å². The van der Waals surface area contributed by atoms with Crippen LogP contribution in [-0.4, -0.2) is 29.3 Å². The third kappa shape index (κ3) is 3.60. The van der Waals surface area contributed by atoms with E-state index in [1.807, 2.05) is 50.2 Å². The second kappa shape index (κ2) is 8.21. The summed E-state index contributed by atoms with van der Waals surface area (Å²) in [5.74, 6) is 0.996. The summed E-state index contributed by atoms with van der Waals surface area (Å²) in [5, 5.41) is 2.95. The van der Waals surface area contributed by atoms with Crippen LogP contribution in [0.4, 0.5) is 0 Å². The van der Waals surface area contributed by atoms with Crippen LogP contribution in [0.15, 0.2) is 47.3 Å². The van der Waals surface area contributed by atoms with Crippen LogP contribution in [0.2, 0.25) is 0 Å². The molecule has 0 aliphatic rings. The van der Waals surface area contributed by atoms with Crippen molar-refractivity contribution in [3.05, 3.63) is 58.5 Å². The van der Waals surface area contributed by atoms with Gasteiger partial charge in [0.2, 0.25) is 5.91 Å². The number of carbonyl (C=O) groups is 1. The Hall–Kier alpha value is -3.22. The van der Waals surface area contributed by atoms with E-state index in [1.165, 1.54) is 4.57 Å². The minimum Gasteiger partial charge on any atom is -0.493 e. The smallest absolute Gasteiger partial charge is 0.329 e. The van der Waals surface area contributed by atoms with Gasteiger partial charge in [-0.05, 0) is 43.7 Å². The topological polar surface area (TPSA) is 74.5 Å². The number of para-hydroxylation sites is 2. The molecule has 1 heterocycles. The SMILES string of the molecule is CCn1c(=O)n(CC(=O)NC(C)c2ccc(OC)c(OC)c2)c2ccccc21. The first kappa shape index (κ1) is 19.5. The molecule has 0 spiro atoms. The maximum Gasteiger partial charge on any atom is 0.329 e. The number of rotatable bonds is 7. The highest BCUT2D eigenvalue weighted by molar-refractivity contribution is 5.81. The van der Waals surface area contributed by atoms with Crippen molar-refractivity contribution in [2.24, 2.45) is 0 Å². The highest BCUT2D eigenvalue weighted by Gasteiger charge is 2.17. The molecule has 0 radical (unpaired) electrons. The molecule has 1 N–H and O–H groups in total. The van der Waals surface area contributed by atoms with Crippen LogP contribution in [0, 0.1) is 0 Å². The molecular weight excluding hydrogens is 358 g/mol. The summed E-state index contributed by atoms with van der Waals surface area (Å²) in [6.45, 7) is 4.31. The zero-order valence-corrected chi connectivity index (χ0v) is 16.6. The first-order valence-corrected chi connectivity index (χ1v) is 9.19. The lowest BCUT2D eigenvalue weighted by molar-refractivity contribution is -0.122. The molecule has 0 bridgehead atoms. The van der Waals surface area contributed by atoms with E-state index in [4.69, 9.17) is 9.47 Å². The highest BCUT2D eigenvalue weighted by Crippen LogP contribution is 2.29. The van der Waals surface area contributed by atoms with Gasteiger partial charge in [0.15, 0.2) is 11.5 Å². The number of methoxy groups -OCH3 is 2. The highest BCUT2D eigenvalue weighted by atomic mass is 16.5. The fraction of sp³-hybridized carbons (Fsp3) is 0.333. The summed E-state index contributed by atoms with van der Waals surface area (Å²) >= 11 is 0. The number of aryl methyl sites for hydroxylation is 1. The number of hydrogen-bond acceptors (Lipinski definition) is 4. The van der Waals surface area contributed by atoms with Crippen molar-refractivity contribution in [1.82, 2.24) is 14.5 Å². The van der Waals surface area contributed by atoms with E-state index in [0.717, 1.165) is 16.6 Å². The van der Waals surface area contributed by atoms with Crippen molar-refractivity contribution in [3.63, 3.8) is 0 Å². The van der Waals surface area contributed by atoms with Gasteiger partial charge in [-0.2, -0.15) is 0 Å². The van der Waals surface area contributed by atoms with Crippen molar-refractivity contribution in [1.29, 1.82) is 0 Å². The Morgan fingerprint density at radius 1 is 1.04 bits per heavy atom. The minimum atomic E-state index is -0.248. The zero-order valence-electron chi connectivity index (χ0n) is 16.6. The Labute approximate surface area is 163 Å². The molecule has 0 aliphatic carbocycles. The van der Waals surface area contributed by atoms with E-state index >= 15 is 0 Å². The number of nitrogens with one attached hydrogen (secondary N) is 1. The average molecular weight is 383 g/mol. The van der Waals surface area contributed by atoms with Gasteiger partial charge in [0.25, 0.3) is 0 Å². The van der Waals surface area contributed by atoms with Crippen LogP contribution >= 0.6 is 0 Å². The fourth-order valence-electron chi connectivity index (χ4n) is 3.37. The van der Waals surface area contributed by atoms with Gasteiger partial charge in [0.05, 0.1) is 31.3 Å². The van der Waals surface area contributed by atoms with Gasteiger partial charge in [-0.1, -0.05) is 18.2 Å². The maximum atomic E-state index is 12.7. The number of nitrogens with zero attached hydrogens (tertiary/aromatic N) is 2. The maximum absolute atomic E-state index is 12.7. The molecule has 148 valence electrons. The van der Waals surface area contributed by atoms with Crippen molar-refractivity contribution < 1.29 is 14.3 Å². The van der Waals surface area contributed by atoms with Crippen LogP contribution in [0.25, 0.3) is 11.0 Å². The molecule has 0 aliphatic heterocycles. The number of hydrogen-bond donors (Lipinski definition) is 1. The van der Waals surface area contributed by atoms with Crippen LogP contribution in [-0.2, 0) is 17.9 Å². The van der Waals surface area contributed by atoms with Gasteiger partial charge in [-0.3, -0.25) is 13.9 Å². The van der Waals surface area contributed by atoms with Gasteiger partial charge >= 0.3 is 5.69 Å². The molecule has 7 heteroatoms. The molecule has 1 unspecified atom stereocenters. The normalized spacial score (nSPS) is 12.0. The Balaban J connectivity index is 1.80.